The van der Waals surface area contributed by atoms with Gasteiger partial charge in [0.05, 0.1) is 18.3 Å². The highest BCUT2D eigenvalue weighted by molar-refractivity contribution is 5.95. The molecule has 1 fully saturated rings. The average molecular weight is 487 g/mol. The summed E-state index contributed by atoms with van der Waals surface area (Å²) in [6.07, 6.45) is -2.87. The molecule has 11 heteroatoms. The van der Waals surface area contributed by atoms with Gasteiger partial charge in [0, 0.05) is 29.8 Å². The van der Waals surface area contributed by atoms with E-state index in [1.54, 1.807) is 0 Å². The molecule has 1 aromatic carbocycles. The molecule has 0 spiro atoms. The maximum absolute atomic E-state index is 14.2. The summed E-state index contributed by atoms with van der Waals surface area (Å²) in [7, 11) is 0. The Morgan fingerprint density at radius 1 is 1.29 bits per heavy atom. The Labute approximate surface area is 194 Å². The van der Waals surface area contributed by atoms with Gasteiger partial charge in [0.2, 0.25) is 0 Å². The second-order valence-corrected chi connectivity index (χ2v) is 8.94. The minimum atomic E-state index is -4.85. The van der Waals surface area contributed by atoms with E-state index in [2.05, 4.69) is 15.8 Å². The van der Waals surface area contributed by atoms with Crippen molar-refractivity contribution in [2.75, 3.05) is 6.61 Å². The van der Waals surface area contributed by atoms with E-state index in [1.807, 2.05) is 13.8 Å². The Bertz CT molecular complexity index is 993. The zero-order valence-corrected chi connectivity index (χ0v) is 19.0. The van der Waals surface area contributed by atoms with Crippen LogP contribution in [0.1, 0.15) is 61.1 Å². The van der Waals surface area contributed by atoms with E-state index >= 15 is 0 Å². The second-order valence-electron chi connectivity index (χ2n) is 8.94. The number of nitrogens with zero attached hydrogens (tertiary/aromatic N) is 1. The molecular weight excluding hydrogens is 458 g/mol. The highest BCUT2D eigenvalue weighted by Gasteiger charge is 2.35. The molecule has 1 aliphatic rings. The molecule has 3 rings (SSSR count). The van der Waals surface area contributed by atoms with Crippen LogP contribution in [0, 0.1) is 11.7 Å². The van der Waals surface area contributed by atoms with Crippen molar-refractivity contribution in [3.63, 3.8) is 0 Å². The maximum Gasteiger partial charge on any atom is 0.419 e. The number of carbonyl (C=O) groups is 1. The lowest BCUT2D eigenvalue weighted by Gasteiger charge is -2.26. The number of amides is 1. The highest BCUT2D eigenvalue weighted by Crippen LogP contribution is 2.35. The van der Waals surface area contributed by atoms with E-state index in [0.29, 0.717) is 31.4 Å². The van der Waals surface area contributed by atoms with E-state index in [4.69, 9.17) is 4.52 Å². The molecule has 1 saturated carbocycles. The van der Waals surface area contributed by atoms with Gasteiger partial charge in [0.25, 0.3) is 5.91 Å². The molecule has 34 heavy (non-hydrogen) atoms. The van der Waals surface area contributed by atoms with Crippen molar-refractivity contribution in [3.8, 4) is 11.3 Å². The van der Waals surface area contributed by atoms with Crippen LogP contribution in [0.2, 0.25) is 0 Å². The molecule has 1 amide bonds. The van der Waals surface area contributed by atoms with Gasteiger partial charge in [-0.1, -0.05) is 25.1 Å². The molecule has 0 saturated heterocycles. The van der Waals surface area contributed by atoms with Gasteiger partial charge in [0.1, 0.15) is 5.82 Å². The number of alkyl halides is 3. The molecule has 1 aromatic heterocycles. The number of hydrogen-bond acceptors (Lipinski definition) is 6. The third-order valence-corrected chi connectivity index (χ3v) is 6.06. The van der Waals surface area contributed by atoms with Crippen molar-refractivity contribution in [1.29, 1.82) is 0 Å². The van der Waals surface area contributed by atoms with Crippen LogP contribution in [0.3, 0.4) is 0 Å². The molecule has 2 aromatic rings. The van der Waals surface area contributed by atoms with Gasteiger partial charge in [-0.2, -0.15) is 13.2 Å². The van der Waals surface area contributed by atoms with Crippen LogP contribution < -0.4 is 10.6 Å². The minimum absolute atomic E-state index is 0.000919. The minimum Gasteiger partial charge on any atom is -0.395 e. The largest absolute Gasteiger partial charge is 0.419 e. The molecule has 0 bridgehead atoms. The number of carbonyl (C=O) groups excluding carboxylic acids is 1. The van der Waals surface area contributed by atoms with E-state index in [9.17, 15) is 32.6 Å². The average Bonchev–Trinajstić information content (AvgIpc) is 3.17. The van der Waals surface area contributed by atoms with Crippen molar-refractivity contribution in [2.24, 2.45) is 5.92 Å². The summed E-state index contributed by atoms with van der Waals surface area (Å²) in [5.74, 6) is -2.05. The number of rotatable bonds is 8. The maximum atomic E-state index is 14.2. The van der Waals surface area contributed by atoms with Crippen molar-refractivity contribution in [2.45, 2.75) is 70.4 Å². The number of hydrogen-bond donors (Lipinski definition) is 4. The van der Waals surface area contributed by atoms with E-state index < -0.39 is 29.6 Å². The number of aromatic nitrogens is 1. The molecule has 1 aliphatic carbocycles. The molecule has 1 heterocycles. The zero-order valence-electron chi connectivity index (χ0n) is 19.0. The van der Waals surface area contributed by atoms with Crippen LogP contribution in [-0.4, -0.2) is 46.1 Å². The summed E-state index contributed by atoms with van der Waals surface area (Å²) in [6, 6.07) is 1.76. The third-order valence-electron chi connectivity index (χ3n) is 6.06. The van der Waals surface area contributed by atoms with E-state index in [-0.39, 0.29) is 53.7 Å². The molecule has 0 aliphatic heterocycles. The first-order chi connectivity index (χ1) is 16.0. The fourth-order valence-corrected chi connectivity index (χ4v) is 4.06. The standard InChI is InChI=1S/C23H29F4N3O4/c1-12(2)19(11-31)28-10-16-20(22(33)29-14-4-3-5-15(32)9-14)30-34-21(16)13-6-7-17(18(24)8-13)23(25,26)27/h6-8,12,14-15,19,28,31-32H,3-5,9-11H2,1-2H3,(H,29,33)/t14-,15+,19?/m1/s1. The fraction of sp³-hybridized carbons (Fsp3) is 0.565. The summed E-state index contributed by atoms with van der Waals surface area (Å²) in [5, 5.41) is 29.2. The first-order valence-corrected chi connectivity index (χ1v) is 11.2. The van der Waals surface area contributed by atoms with Crippen molar-refractivity contribution in [1.82, 2.24) is 15.8 Å². The lowest BCUT2D eigenvalue weighted by atomic mass is 9.93. The zero-order chi connectivity index (χ0) is 25.0. The first-order valence-electron chi connectivity index (χ1n) is 11.2. The third kappa shape index (κ3) is 6.13. The molecule has 188 valence electrons. The smallest absolute Gasteiger partial charge is 0.395 e. The highest BCUT2D eigenvalue weighted by atomic mass is 19.4. The molecule has 0 radical (unpaired) electrons. The molecule has 3 atom stereocenters. The number of aliphatic hydroxyl groups is 2. The topological polar surface area (TPSA) is 108 Å². The van der Waals surface area contributed by atoms with Crippen LogP contribution >= 0.6 is 0 Å². The van der Waals surface area contributed by atoms with Gasteiger partial charge in [0.15, 0.2) is 11.5 Å². The number of benzene rings is 1. The van der Waals surface area contributed by atoms with Gasteiger partial charge in [-0.05, 0) is 43.7 Å². The normalized spacial score (nSPS) is 19.9. The number of aliphatic hydroxyl groups excluding tert-OH is 2. The summed E-state index contributed by atoms with van der Waals surface area (Å²) in [6.45, 7) is 3.58. The second kappa shape index (κ2) is 10.8. The predicted molar refractivity (Wildman–Crippen MR) is 115 cm³/mol. The summed E-state index contributed by atoms with van der Waals surface area (Å²) in [4.78, 5) is 13.0. The monoisotopic (exact) mass is 487 g/mol. The van der Waals surface area contributed by atoms with Crippen LogP contribution in [0.25, 0.3) is 11.3 Å². The van der Waals surface area contributed by atoms with Crippen LogP contribution in [0.15, 0.2) is 22.7 Å². The van der Waals surface area contributed by atoms with Crippen molar-refractivity contribution in [3.05, 3.63) is 40.8 Å². The van der Waals surface area contributed by atoms with Crippen molar-refractivity contribution < 1.29 is 37.1 Å². The van der Waals surface area contributed by atoms with Gasteiger partial charge < -0.3 is 25.4 Å². The van der Waals surface area contributed by atoms with Crippen LogP contribution in [0.4, 0.5) is 17.6 Å². The fourth-order valence-electron chi connectivity index (χ4n) is 4.06. The van der Waals surface area contributed by atoms with E-state index in [1.165, 1.54) is 0 Å². The van der Waals surface area contributed by atoms with Gasteiger partial charge >= 0.3 is 6.18 Å². The van der Waals surface area contributed by atoms with Crippen LogP contribution in [0.5, 0.6) is 0 Å². The molecule has 7 nitrogen and oxygen atoms in total. The van der Waals surface area contributed by atoms with Gasteiger partial charge in [-0.15, -0.1) is 0 Å². The van der Waals surface area contributed by atoms with E-state index in [0.717, 1.165) is 12.5 Å². The Kier molecular flexibility index (Phi) is 8.32. The SMILES string of the molecule is CC(C)C(CO)NCc1c(C(=O)N[C@@H]2CCC[C@H](O)C2)noc1-c1ccc(C(F)(F)F)c(F)c1. The molecule has 1 unspecified atom stereocenters. The Hall–Kier alpha value is -2.50. The number of nitrogens with one attached hydrogen (secondary N) is 2. The Morgan fingerprint density at radius 3 is 2.62 bits per heavy atom. The summed E-state index contributed by atoms with van der Waals surface area (Å²) >= 11 is 0. The van der Waals surface area contributed by atoms with Crippen molar-refractivity contribution >= 4 is 5.91 Å². The molecule has 4 N–H and O–H groups in total. The quantitative estimate of drug-likeness (QED) is 0.424. The first kappa shape index (κ1) is 26.1. The lowest BCUT2D eigenvalue weighted by Crippen LogP contribution is -2.41. The van der Waals surface area contributed by atoms with Crippen LogP contribution in [-0.2, 0) is 12.7 Å². The lowest BCUT2D eigenvalue weighted by molar-refractivity contribution is -0.139. The van der Waals surface area contributed by atoms with Gasteiger partial charge in [-0.25, -0.2) is 4.39 Å². The van der Waals surface area contributed by atoms with Gasteiger partial charge in [-0.3, -0.25) is 4.79 Å². The Balaban J connectivity index is 1.93. The predicted octanol–water partition coefficient (Wildman–Crippen LogP) is 3.64. The Morgan fingerprint density at radius 2 is 2.03 bits per heavy atom. The molecular formula is C23H29F4N3O4. The number of halogens is 4. The summed E-state index contributed by atoms with van der Waals surface area (Å²) in [5.41, 5.74) is -1.29. The summed E-state index contributed by atoms with van der Waals surface area (Å²) < 4.78 is 58.4.